The van der Waals surface area contributed by atoms with Crippen molar-refractivity contribution in [2.24, 2.45) is 0 Å². The van der Waals surface area contributed by atoms with Crippen LogP contribution in [0.4, 0.5) is 0 Å². The number of aromatic nitrogens is 3. The normalized spacial score (nSPS) is 17.3. The highest BCUT2D eigenvalue weighted by Crippen LogP contribution is 2.30. The number of benzene rings is 2. The van der Waals surface area contributed by atoms with Crippen molar-refractivity contribution >= 4 is 23.6 Å². The highest BCUT2D eigenvalue weighted by Gasteiger charge is 2.34. The Kier molecular flexibility index (Phi) is 6.78. The molecular weight excluding hydrogens is 446 g/mol. The molecule has 1 unspecified atom stereocenters. The zero-order valence-electron chi connectivity index (χ0n) is 19.4. The van der Waals surface area contributed by atoms with Crippen LogP contribution in [0.5, 0.6) is 0 Å². The first kappa shape index (κ1) is 22.8. The second kappa shape index (κ2) is 10.1. The molecule has 1 fully saturated rings. The Balaban J connectivity index is 1.28. The average molecular weight is 476 g/mol. The fourth-order valence-electron chi connectivity index (χ4n) is 4.76. The number of rotatable bonds is 8. The van der Waals surface area contributed by atoms with Crippen molar-refractivity contribution in [3.05, 3.63) is 71.5 Å². The van der Waals surface area contributed by atoms with E-state index in [-0.39, 0.29) is 17.9 Å². The van der Waals surface area contributed by atoms with Crippen molar-refractivity contribution < 1.29 is 9.59 Å². The SMILES string of the molecule is CC(c1nnc(SCCCN2C(=O)c3ccccc3C2=O)n1-c1ccccc1)N1CCCCC1. The number of carbonyl (C=O) groups excluding carboxylic acids is 2. The molecule has 8 heteroatoms. The van der Waals surface area contributed by atoms with Gasteiger partial charge in [0, 0.05) is 18.0 Å². The molecule has 3 aromatic rings. The number of carbonyl (C=O) groups is 2. The highest BCUT2D eigenvalue weighted by molar-refractivity contribution is 7.99. The van der Waals surface area contributed by atoms with Gasteiger partial charge in [0.2, 0.25) is 0 Å². The van der Waals surface area contributed by atoms with Crippen LogP contribution in [0.15, 0.2) is 59.8 Å². The minimum absolute atomic E-state index is 0.181. The van der Waals surface area contributed by atoms with Crippen LogP contribution >= 0.6 is 11.8 Å². The predicted molar refractivity (Wildman–Crippen MR) is 132 cm³/mol. The maximum absolute atomic E-state index is 12.6. The summed E-state index contributed by atoms with van der Waals surface area (Å²) in [4.78, 5) is 29.1. The number of nitrogens with zero attached hydrogens (tertiary/aromatic N) is 5. The summed E-state index contributed by atoms with van der Waals surface area (Å²) in [5.41, 5.74) is 2.05. The lowest BCUT2D eigenvalue weighted by atomic mass is 10.1. The molecule has 0 saturated carbocycles. The third kappa shape index (κ3) is 4.40. The molecule has 1 atom stereocenters. The van der Waals surface area contributed by atoms with Gasteiger partial charge in [0.1, 0.15) is 0 Å². The van der Waals surface area contributed by atoms with E-state index in [0.717, 1.165) is 35.5 Å². The number of hydrogen-bond acceptors (Lipinski definition) is 6. The van der Waals surface area contributed by atoms with Gasteiger partial charge in [0.25, 0.3) is 11.8 Å². The first-order valence-corrected chi connectivity index (χ1v) is 13.0. The molecule has 5 rings (SSSR count). The van der Waals surface area contributed by atoms with Crippen molar-refractivity contribution in [1.82, 2.24) is 24.6 Å². The van der Waals surface area contributed by atoms with Crippen LogP contribution in [-0.4, -0.2) is 61.8 Å². The molecule has 0 bridgehead atoms. The number of imide groups is 1. The van der Waals surface area contributed by atoms with Crippen molar-refractivity contribution in [3.63, 3.8) is 0 Å². The molecule has 0 radical (unpaired) electrons. The van der Waals surface area contributed by atoms with Gasteiger partial charge in [-0.25, -0.2) is 0 Å². The van der Waals surface area contributed by atoms with E-state index in [0.29, 0.717) is 24.1 Å². The van der Waals surface area contributed by atoms with Crippen LogP contribution < -0.4 is 0 Å². The molecule has 0 spiro atoms. The molecule has 2 amide bonds. The van der Waals surface area contributed by atoms with Gasteiger partial charge in [0.05, 0.1) is 17.2 Å². The third-order valence-corrected chi connectivity index (χ3v) is 7.64. The van der Waals surface area contributed by atoms with Crippen LogP contribution in [0, 0.1) is 0 Å². The monoisotopic (exact) mass is 475 g/mol. The summed E-state index contributed by atoms with van der Waals surface area (Å²) in [6.07, 6.45) is 4.43. The summed E-state index contributed by atoms with van der Waals surface area (Å²) in [5.74, 6) is 1.29. The Morgan fingerprint density at radius 1 is 0.882 bits per heavy atom. The Morgan fingerprint density at radius 2 is 1.53 bits per heavy atom. The minimum atomic E-state index is -0.198. The number of amides is 2. The van der Waals surface area contributed by atoms with Gasteiger partial charge < -0.3 is 0 Å². The lowest BCUT2D eigenvalue weighted by Gasteiger charge is -2.31. The zero-order valence-corrected chi connectivity index (χ0v) is 20.2. The summed E-state index contributed by atoms with van der Waals surface area (Å²) in [7, 11) is 0. The van der Waals surface area contributed by atoms with Crippen molar-refractivity contribution in [2.45, 2.75) is 43.8 Å². The van der Waals surface area contributed by atoms with E-state index in [2.05, 4.69) is 38.7 Å². The van der Waals surface area contributed by atoms with E-state index < -0.39 is 0 Å². The quantitative estimate of drug-likeness (QED) is 0.270. The van der Waals surface area contributed by atoms with E-state index in [1.807, 2.05) is 18.2 Å². The van der Waals surface area contributed by atoms with Gasteiger partial charge in [-0.15, -0.1) is 10.2 Å². The van der Waals surface area contributed by atoms with Crippen LogP contribution in [0.3, 0.4) is 0 Å². The first-order chi connectivity index (χ1) is 16.6. The van der Waals surface area contributed by atoms with E-state index in [9.17, 15) is 9.59 Å². The van der Waals surface area contributed by atoms with Gasteiger partial charge >= 0.3 is 0 Å². The Bertz CT molecular complexity index is 1140. The predicted octanol–water partition coefficient (Wildman–Crippen LogP) is 4.59. The van der Waals surface area contributed by atoms with E-state index in [4.69, 9.17) is 0 Å². The Hall–Kier alpha value is -2.97. The number of hydrogen-bond donors (Lipinski definition) is 0. The van der Waals surface area contributed by atoms with Gasteiger partial charge in [-0.05, 0) is 63.5 Å². The fourth-order valence-corrected chi connectivity index (χ4v) is 5.64. The highest BCUT2D eigenvalue weighted by atomic mass is 32.2. The molecule has 3 heterocycles. The maximum atomic E-state index is 12.6. The zero-order chi connectivity index (χ0) is 23.5. The van der Waals surface area contributed by atoms with E-state index in [1.54, 1.807) is 36.0 Å². The number of thioether (sulfide) groups is 1. The number of para-hydroxylation sites is 1. The topological polar surface area (TPSA) is 71.3 Å². The van der Waals surface area contributed by atoms with Crippen molar-refractivity contribution in [2.75, 3.05) is 25.4 Å². The van der Waals surface area contributed by atoms with Crippen molar-refractivity contribution in [3.8, 4) is 5.69 Å². The largest absolute Gasteiger partial charge is 0.294 e. The second-order valence-corrected chi connectivity index (χ2v) is 9.86. The summed E-state index contributed by atoms with van der Waals surface area (Å²) in [6, 6.07) is 17.4. The van der Waals surface area contributed by atoms with Crippen LogP contribution in [-0.2, 0) is 0 Å². The van der Waals surface area contributed by atoms with Gasteiger partial charge in [-0.1, -0.05) is 48.5 Å². The number of likely N-dealkylation sites (tertiary alicyclic amines) is 1. The average Bonchev–Trinajstić information content (AvgIpc) is 3.42. The summed E-state index contributed by atoms with van der Waals surface area (Å²) >= 11 is 1.62. The number of fused-ring (bicyclic) bond motifs is 1. The lowest BCUT2D eigenvalue weighted by Crippen LogP contribution is -2.33. The molecule has 1 aromatic heterocycles. The minimum Gasteiger partial charge on any atom is -0.294 e. The molecule has 2 aliphatic heterocycles. The molecule has 176 valence electrons. The van der Waals surface area contributed by atoms with E-state index >= 15 is 0 Å². The summed E-state index contributed by atoms with van der Waals surface area (Å²) < 4.78 is 2.16. The van der Waals surface area contributed by atoms with Crippen LogP contribution in [0.25, 0.3) is 5.69 Å². The second-order valence-electron chi connectivity index (χ2n) is 8.79. The van der Waals surface area contributed by atoms with Gasteiger partial charge in [0.15, 0.2) is 11.0 Å². The third-order valence-electron chi connectivity index (χ3n) is 6.62. The molecule has 2 aliphatic rings. The fraction of sp³-hybridized carbons (Fsp3) is 0.385. The van der Waals surface area contributed by atoms with E-state index in [1.165, 1.54) is 24.2 Å². The molecule has 0 aliphatic carbocycles. The summed E-state index contributed by atoms with van der Waals surface area (Å²) in [5, 5.41) is 9.99. The maximum Gasteiger partial charge on any atom is 0.261 e. The standard InChI is InChI=1S/C26H29N5O2S/c1-19(29-15-8-3-9-16-29)23-27-28-26(31(23)20-11-4-2-5-12-20)34-18-10-17-30-24(32)21-13-6-7-14-22(21)25(30)33/h2,4-7,11-14,19H,3,8-10,15-18H2,1H3. The lowest BCUT2D eigenvalue weighted by molar-refractivity contribution is 0.0655. The molecule has 2 aromatic carbocycles. The van der Waals surface area contributed by atoms with Gasteiger partial charge in [-0.2, -0.15) is 0 Å². The molecule has 0 N–H and O–H groups in total. The molecule has 7 nitrogen and oxygen atoms in total. The molecular formula is C26H29N5O2S. The Morgan fingerprint density at radius 3 is 2.21 bits per heavy atom. The van der Waals surface area contributed by atoms with Crippen LogP contribution in [0.2, 0.25) is 0 Å². The smallest absolute Gasteiger partial charge is 0.261 e. The van der Waals surface area contributed by atoms with Crippen LogP contribution in [0.1, 0.15) is 65.2 Å². The Labute approximate surface area is 204 Å². The van der Waals surface area contributed by atoms with Gasteiger partial charge in [-0.3, -0.25) is 24.0 Å². The van der Waals surface area contributed by atoms with Crippen molar-refractivity contribution in [1.29, 1.82) is 0 Å². The molecule has 1 saturated heterocycles. The summed E-state index contributed by atoms with van der Waals surface area (Å²) in [6.45, 7) is 4.79. The molecule has 34 heavy (non-hydrogen) atoms. The first-order valence-electron chi connectivity index (χ1n) is 12.0. The number of piperidine rings is 1.